The molecule has 100 valence electrons. The van der Waals surface area contributed by atoms with Crippen molar-refractivity contribution in [2.75, 3.05) is 24.3 Å². The number of rotatable bonds is 3. The van der Waals surface area contributed by atoms with Crippen LogP contribution in [0.3, 0.4) is 0 Å². The Balaban J connectivity index is 2.19. The van der Waals surface area contributed by atoms with Crippen LogP contribution in [0, 0.1) is 12.8 Å². The third-order valence-electron chi connectivity index (χ3n) is 3.96. The molecule has 1 N–H and O–H groups in total. The Kier molecular flexibility index (Phi) is 4.04. The summed E-state index contributed by atoms with van der Waals surface area (Å²) in [5.41, 5.74) is 1.15. The number of hydrogen-bond donors (Lipinski definition) is 1. The van der Waals surface area contributed by atoms with E-state index in [1.165, 1.54) is 25.7 Å². The first-order chi connectivity index (χ1) is 8.61. The largest absolute Gasteiger partial charge is 0.357 e. The Hall–Kier alpha value is -1.32. The van der Waals surface area contributed by atoms with Crippen molar-refractivity contribution >= 4 is 11.8 Å². The average molecular weight is 248 g/mol. The molecule has 0 aromatic carbocycles. The van der Waals surface area contributed by atoms with Crippen LogP contribution in [0.2, 0.25) is 0 Å². The molecule has 1 fully saturated rings. The van der Waals surface area contributed by atoms with Gasteiger partial charge in [0.1, 0.15) is 5.82 Å². The second-order valence-electron chi connectivity index (χ2n) is 5.49. The third-order valence-corrected chi connectivity index (χ3v) is 3.96. The molecule has 0 saturated heterocycles. The Bertz CT molecular complexity index is 405. The fourth-order valence-electron chi connectivity index (χ4n) is 2.84. The highest BCUT2D eigenvalue weighted by Gasteiger charge is 2.24. The summed E-state index contributed by atoms with van der Waals surface area (Å²) in [5.74, 6) is 2.59. The van der Waals surface area contributed by atoms with Crippen molar-refractivity contribution in [1.82, 2.24) is 9.97 Å². The molecule has 1 aromatic rings. The first-order valence-electron chi connectivity index (χ1n) is 6.86. The van der Waals surface area contributed by atoms with E-state index in [-0.39, 0.29) is 0 Å². The summed E-state index contributed by atoms with van der Waals surface area (Å²) < 4.78 is 0. The van der Waals surface area contributed by atoms with Gasteiger partial charge in [0.05, 0.1) is 0 Å². The van der Waals surface area contributed by atoms with Gasteiger partial charge >= 0.3 is 0 Å². The highest BCUT2D eigenvalue weighted by atomic mass is 15.2. The molecule has 1 aliphatic carbocycles. The van der Waals surface area contributed by atoms with Gasteiger partial charge in [-0.25, -0.2) is 4.98 Å². The Morgan fingerprint density at radius 1 is 1.39 bits per heavy atom. The summed E-state index contributed by atoms with van der Waals surface area (Å²) in [6.07, 6.45) is 7.15. The Morgan fingerprint density at radius 2 is 2.17 bits per heavy atom. The van der Waals surface area contributed by atoms with E-state index < -0.39 is 0 Å². The molecule has 1 aromatic heterocycles. The van der Waals surface area contributed by atoms with E-state index in [0.29, 0.717) is 12.0 Å². The van der Waals surface area contributed by atoms with Crippen molar-refractivity contribution in [2.24, 2.45) is 5.92 Å². The maximum absolute atomic E-state index is 4.59. The van der Waals surface area contributed by atoms with Crippen LogP contribution in [0.4, 0.5) is 11.8 Å². The first kappa shape index (κ1) is 13.1. The van der Waals surface area contributed by atoms with Crippen molar-refractivity contribution < 1.29 is 0 Å². The minimum atomic E-state index is 0.618. The zero-order valence-corrected chi connectivity index (χ0v) is 11.9. The molecule has 0 amide bonds. The van der Waals surface area contributed by atoms with Crippen molar-refractivity contribution in [3.8, 4) is 0 Å². The minimum Gasteiger partial charge on any atom is -0.357 e. The van der Waals surface area contributed by atoms with Gasteiger partial charge < -0.3 is 10.2 Å². The summed E-state index contributed by atoms with van der Waals surface area (Å²) in [4.78, 5) is 11.2. The van der Waals surface area contributed by atoms with Gasteiger partial charge in [-0.3, -0.25) is 0 Å². The molecule has 2 atom stereocenters. The van der Waals surface area contributed by atoms with Crippen LogP contribution in [-0.4, -0.2) is 30.1 Å². The predicted molar refractivity (Wildman–Crippen MR) is 76.1 cm³/mol. The van der Waals surface area contributed by atoms with E-state index in [1.54, 1.807) is 0 Å². The number of aromatic nitrogens is 2. The molecule has 0 radical (unpaired) electrons. The van der Waals surface area contributed by atoms with Gasteiger partial charge in [-0.15, -0.1) is 0 Å². The van der Waals surface area contributed by atoms with Crippen LogP contribution in [0.1, 0.15) is 38.2 Å². The summed E-state index contributed by atoms with van der Waals surface area (Å²) in [6.45, 7) is 4.43. The van der Waals surface area contributed by atoms with Gasteiger partial charge in [0.25, 0.3) is 0 Å². The van der Waals surface area contributed by atoms with Crippen molar-refractivity contribution in [1.29, 1.82) is 0 Å². The number of nitrogens with one attached hydrogen (secondary N) is 1. The monoisotopic (exact) mass is 248 g/mol. The van der Waals surface area contributed by atoms with Crippen LogP contribution in [0.15, 0.2) is 6.20 Å². The van der Waals surface area contributed by atoms with Gasteiger partial charge in [-0.2, -0.15) is 4.98 Å². The van der Waals surface area contributed by atoms with Crippen molar-refractivity contribution in [3.63, 3.8) is 0 Å². The Morgan fingerprint density at radius 3 is 2.83 bits per heavy atom. The fourth-order valence-corrected chi connectivity index (χ4v) is 2.84. The molecule has 4 heteroatoms. The van der Waals surface area contributed by atoms with Gasteiger partial charge in [-0.1, -0.05) is 19.8 Å². The number of nitrogens with zero attached hydrogens (tertiary/aromatic N) is 3. The lowest BCUT2D eigenvalue weighted by Crippen LogP contribution is -2.36. The maximum Gasteiger partial charge on any atom is 0.224 e. The number of anilines is 2. The maximum atomic E-state index is 4.59. The van der Waals surface area contributed by atoms with Crippen LogP contribution in [-0.2, 0) is 0 Å². The van der Waals surface area contributed by atoms with Crippen LogP contribution >= 0.6 is 0 Å². The molecule has 0 bridgehead atoms. The third kappa shape index (κ3) is 2.74. The standard InChI is InChI=1S/C14H24N4/c1-10-6-5-7-12(8-10)18(4)13-11(2)9-16-14(15-3)17-13/h9-10,12H,5-8H2,1-4H3,(H,15,16,17). The lowest BCUT2D eigenvalue weighted by molar-refractivity contribution is 0.335. The fraction of sp³-hybridized carbons (Fsp3) is 0.714. The molecule has 1 heterocycles. The lowest BCUT2D eigenvalue weighted by atomic mass is 9.86. The Labute approximate surface area is 110 Å². The van der Waals surface area contributed by atoms with Gasteiger partial charge in [0.2, 0.25) is 5.95 Å². The minimum absolute atomic E-state index is 0.618. The summed E-state index contributed by atoms with van der Waals surface area (Å²) >= 11 is 0. The van der Waals surface area contributed by atoms with Crippen molar-refractivity contribution in [3.05, 3.63) is 11.8 Å². The highest BCUT2D eigenvalue weighted by Crippen LogP contribution is 2.30. The van der Waals surface area contributed by atoms with Gasteiger partial charge in [0, 0.05) is 31.9 Å². The van der Waals surface area contributed by atoms with E-state index in [4.69, 9.17) is 0 Å². The van der Waals surface area contributed by atoms with E-state index in [1.807, 2.05) is 13.2 Å². The molecule has 1 saturated carbocycles. The van der Waals surface area contributed by atoms with Crippen LogP contribution in [0.25, 0.3) is 0 Å². The van der Waals surface area contributed by atoms with E-state index >= 15 is 0 Å². The SMILES string of the molecule is CNc1ncc(C)c(N(C)C2CCCC(C)C2)n1. The molecular weight excluding hydrogens is 224 g/mol. The normalized spacial score (nSPS) is 23.8. The first-order valence-corrected chi connectivity index (χ1v) is 6.86. The zero-order chi connectivity index (χ0) is 13.1. The number of aryl methyl sites for hydroxylation is 1. The average Bonchev–Trinajstić information content (AvgIpc) is 2.38. The topological polar surface area (TPSA) is 41.1 Å². The summed E-state index contributed by atoms with van der Waals surface area (Å²) in [5, 5.41) is 3.01. The zero-order valence-electron chi connectivity index (χ0n) is 11.9. The second kappa shape index (κ2) is 5.55. The van der Waals surface area contributed by atoms with Gasteiger partial charge in [0.15, 0.2) is 0 Å². The van der Waals surface area contributed by atoms with E-state index in [9.17, 15) is 0 Å². The molecule has 2 rings (SSSR count). The van der Waals surface area contributed by atoms with Crippen LogP contribution in [0.5, 0.6) is 0 Å². The van der Waals surface area contributed by atoms with Crippen LogP contribution < -0.4 is 10.2 Å². The molecule has 18 heavy (non-hydrogen) atoms. The molecular formula is C14H24N4. The number of hydrogen-bond acceptors (Lipinski definition) is 4. The van der Waals surface area contributed by atoms with Gasteiger partial charge in [-0.05, 0) is 25.7 Å². The summed E-state index contributed by atoms with van der Waals surface area (Å²) in [7, 11) is 4.02. The smallest absolute Gasteiger partial charge is 0.224 e. The van der Waals surface area contributed by atoms with E-state index in [2.05, 4.69) is 41.1 Å². The molecule has 0 aliphatic heterocycles. The molecule has 1 aliphatic rings. The molecule has 2 unspecified atom stereocenters. The summed E-state index contributed by atoms with van der Waals surface area (Å²) in [6, 6.07) is 0.618. The molecule has 0 spiro atoms. The predicted octanol–water partition coefficient (Wildman–Crippen LogP) is 2.84. The van der Waals surface area contributed by atoms with E-state index in [0.717, 1.165) is 17.3 Å². The quantitative estimate of drug-likeness (QED) is 0.893. The lowest BCUT2D eigenvalue weighted by Gasteiger charge is -2.35. The molecule has 4 nitrogen and oxygen atoms in total. The highest BCUT2D eigenvalue weighted by molar-refractivity contribution is 5.49. The second-order valence-corrected chi connectivity index (χ2v) is 5.49. The van der Waals surface area contributed by atoms with Crippen molar-refractivity contribution in [2.45, 2.75) is 45.6 Å².